The third kappa shape index (κ3) is 3.51. The Bertz CT molecular complexity index is 825. The van der Waals surface area contributed by atoms with Crippen LogP contribution in [-0.2, 0) is 14.3 Å². The highest BCUT2D eigenvalue weighted by Gasteiger charge is 2.77. The van der Waals surface area contributed by atoms with Crippen LogP contribution in [0.15, 0.2) is 0 Å². The summed E-state index contributed by atoms with van der Waals surface area (Å²) >= 11 is 0. The zero-order valence-electron chi connectivity index (χ0n) is 18.6. The molecule has 0 heterocycles. The Hall–Kier alpha value is -1.35. The first-order valence-corrected chi connectivity index (χ1v) is 11.6. The molecule has 33 heavy (non-hydrogen) atoms. The van der Waals surface area contributed by atoms with E-state index in [1.54, 1.807) is 0 Å². The van der Waals surface area contributed by atoms with Gasteiger partial charge in [0, 0.05) is 11.8 Å². The molecule has 0 amide bonds. The van der Waals surface area contributed by atoms with E-state index >= 15 is 0 Å². The summed E-state index contributed by atoms with van der Waals surface area (Å²) in [6.07, 6.45) is -2.16. The Labute approximate surface area is 187 Å². The van der Waals surface area contributed by atoms with Crippen molar-refractivity contribution in [1.82, 2.24) is 0 Å². The molecule has 0 aliphatic heterocycles. The van der Waals surface area contributed by atoms with Crippen molar-refractivity contribution in [3.05, 3.63) is 0 Å². The molecule has 4 saturated carbocycles. The SMILES string of the molecule is CC12CCC3C(CCC4CC(OC(=O)C(F)(F)C(F)(F)C(F)(F)F)CCC43C)C1CCC2=O. The van der Waals surface area contributed by atoms with Gasteiger partial charge < -0.3 is 4.74 Å². The predicted octanol–water partition coefficient (Wildman–Crippen LogP) is 6.34. The molecule has 0 N–H and O–H groups in total. The monoisotopic (exact) mass is 486 g/mol. The third-order valence-corrected chi connectivity index (χ3v) is 9.61. The maximum absolute atomic E-state index is 13.7. The number of carbonyl (C=O) groups is 2. The molecule has 4 aliphatic carbocycles. The lowest BCUT2D eigenvalue weighted by molar-refractivity contribution is -0.349. The molecule has 4 fully saturated rings. The van der Waals surface area contributed by atoms with Crippen molar-refractivity contribution < 1.29 is 45.1 Å². The first kappa shape index (κ1) is 24.8. The van der Waals surface area contributed by atoms with Crippen molar-refractivity contribution in [2.45, 2.75) is 95.8 Å². The number of rotatable bonds is 3. The van der Waals surface area contributed by atoms with E-state index in [0.717, 1.165) is 32.1 Å². The van der Waals surface area contributed by atoms with E-state index in [4.69, 9.17) is 0 Å². The average Bonchev–Trinajstić information content (AvgIpc) is 3.02. The first-order chi connectivity index (χ1) is 15.1. The average molecular weight is 486 g/mol. The number of alkyl halides is 7. The smallest absolute Gasteiger partial charge is 0.458 e. The number of Topliss-reactive ketones (excluding diaryl/α,β-unsaturated/α-hetero) is 1. The third-order valence-electron chi connectivity index (χ3n) is 9.61. The van der Waals surface area contributed by atoms with Crippen LogP contribution in [-0.4, -0.2) is 35.9 Å². The van der Waals surface area contributed by atoms with E-state index in [9.17, 15) is 40.3 Å². The highest BCUT2D eigenvalue weighted by Crippen LogP contribution is 2.65. The van der Waals surface area contributed by atoms with Crippen LogP contribution in [0, 0.1) is 34.5 Å². The van der Waals surface area contributed by atoms with Gasteiger partial charge in [0.2, 0.25) is 0 Å². The van der Waals surface area contributed by atoms with Crippen molar-refractivity contribution in [3.63, 3.8) is 0 Å². The van der Waals surface area contributed by atoms with E-state index in [1.807, 2.05) is 0 Å². The molecule has 188 valence electrons. The molecule has 0 aromatic rings. The number of ether oxygens (including phenoxy) is 1. The minimum atomic E-state index is -6.57. The molecule has 0 bridgehead atoms. The summed E-state index contributed by atoms with van der Waals surface area (Å²) in [5.41, 5.74) is -0.455. The molecule has 4 rings (SSSR count). The van der Waals surface area contributed by atoms with Crippen molar-refractivity contribution in [3.8, 4) is 0 Å². The van der Waals surface area contributed by atoms with E-state index in [-0.39, 0.29) is 29.6 Å². The fourth-order valence-electron chi connectivity index (χ4n) is 7.63. The van der Waals surface area contributed by atoms with E-state index in [1.165, 1.54) is 0 Å². The molecule has 0 aromatic heterocycles. The molecule has 0 spiro atoms. The standard InChI is InChI=1S/C23H29F7O3/c1-19-9-7-13(33-18(32)21(24,25)22(26,27)23(28,29)30)11-12(19)3-4-14-15-5-6-17(31)20(15,2)10-8-16(14)19/h12-16H,3-11H2,1-2H3. The highest BCUT2D eigenvalue weighted by atomic mass is 19.4. The topological polar surface area (TPSA) is 43.4 Å². The van der Waals surface area contributed by atoms with Crippen molar-refractivity contribution in [1.29, 1.82) is 0 Å². The Morgan fingerprint density at radius 1 is 0.909 bits per heavy atom. The largest absolute Gasteiger partial charge is 0.460 e. The van der Waals surface area contributed by atoms with Gasteiger partial charge in [-0.2, -0.15) is 30.7 Å². The van der Waals surface area contributed by atoms with Crippen LogP contribution < -0.4 is 0 Å². The van der Waals surface area contributed by atoms with Gasteiger partial charge in [-0.3, -0.25) is 4.79 Å². The van der Waals surface area contributed by atoms with Gasteiger partial charge in [0.15, 0.2) is 0 Å². The molecule has 7 unspecified atom stereocenters. The molecular weight excluding hydrogens is 457 g/mol. The molecular formula is C23H29F7O3. The Balaban J connectivity index is 1.45. The lowest BCUT2D eigenvalue weighted by Crippen LogP contribution is -2.58. The summed E-state index contributed by atoms with van der Waals surface area (Å²) in [5.74, 6) is -14.0. The lowest BCUT2D eigenvalue weighted by atomic mass is 9.45. The number of halogens is 7. The van der Waals surface area contributed by atoms with Gasteiger partial charge in [-0.05, 0) is 80.5 Å². The van der Waals surface area contributed by atoms with Crippen LogP contribution in [0.25, 0.3) is 0 Å². The van der Waals surface area contributed by atoms with Gasteiger partial charge in [-0.15, -0.1) is 0 Å². The van der Waals surface area contributed by atoms with Crippen LogP contribution in [0.2, 0.25) is 0 Å². The Morgan fingerprint density at radius 2 is 1.58 bits per heavy atom. The number of hydrogen-bond acceptors (Lipinski definition) is 3. The predicted molar refractivity (Wildman–Crippen MR) is 103 cm³/mol. The maximum Gasteiger partial charge on any atom is 0.460 e. The first-order valence-electron chi connectivity index (χ1n) is 11.6. The number of hydrogen-bond donors (Lipinski definition) is 0. The lowest BCUT2D eigenvalue weighted by Gasteiger charge is -2.60. The second kappa shape index (κ2) is 7.57. The Kier molecular flexibility index (Phi) is 5.68. The van der Waals surface area contributed by atoms with E-state index < -0.39 is 30.1 Å². The number of carbonyl (C=O) groups excluding carboxylic acids is 2. The van der Waals surface area contributed by atoms with Crippen molar-refractivity contribution in [2.24, 2.45) is 34.5 Å². The zero-order valence-corrected chi connectivity index (χ0v) is 18.6. The molecule has 0 aromatic carbocycles. The molecule has 4 aliphatic rings. The van der Waals surface area contributed by atoms with Gasteiger partial charge in [-0.1, -0.05) is 13.8 Å². The quantitative estimate of drug-likeness (QED) is 0.345. The second-order valence-electron chi connectivity index (χ2n) is 11.0. The molecule has 0 radical (unpaired) electrons. The van der Waals surface area contributed by atoms with Crippen LogP contribution >= 0.6 is 0 Å². The summed E-state index contributed by atoms with van der Waals surface area (Å²) in [4.78, 5) is 24.2. The zero-order chi connectivity index (χ0) is 24.6. The number of fused-ring (bicyclic) bond motifs is 5. The van der Waals surface area contributed by atoms with Gasteiger partial charge >= 0.3 is 24.0 Å². The highest BCUT2D eigenvalue weighted by molar-refractivity contribution is 5.87. The fourth-order valence-corrected chi connectivity index (χ4v) is 7.63. The Morgan fingerprint density at radius 3 is 2.21 bits per heavy atom. The van der Waals surface area contributed by atoms with Crippen LogP contribution in [0.4, 0.5) is 30.7 Å². The molecule has 10 heteroatoms. The molecule has 3 nitrogen and oxygen atoms in total. The van der Waals surface area contributed by atoms with Crippen LogP contribution in [0.5, 0.6) is 0 Å². The van der Waals surface area contributed by atoms with Gasteiger partial charge in [0.1, 0.15) is 11.9 Å². The van der Waals surface area contributed by atoms with Crippen LogP contribution in [0.1, 0.15) is 71.6 Å². The van der Waals surface area contributed by atoms with Gasteiger partial charge in [0.25, 0.3) is 0 Å². The van der Waals surface area contributed by atoms with E-state index in [0.29, 0.717) is 36.4 Å². The summed E-state index contributed by atoms with van der Waals surface area (Å²) in [5, 5.41) is 0. The summed E-state index contributed by atoms with van der Waals surface area (Å²) in [7, 11) is 0. The normalized spacial score (nSPS) is 41.7. The minimum Gasteiger partial charge on any atom is -0.458 e. The van der Waals surface area contributed by atoms with Crippen LogP contribution in [0.3, 0.4) is 0 Å². The second-order valence-corrected chi connectivity index (χ2v) is 11.0. The summed E-state index contributed by atoms with van der Waals surface area (Å²) in [6, 6.07) is 0. The fraction of sp³-hybridized carbons (Fsp3) is 0.913. The molecule has 0 saturated heterocycles. The summed E-state index contributed by atoms with van der Waals surface area (Å²) in [6.45, 7) is 4.18. The van der Waals surface area contributed by atoms with E-state index in [2.05, 4.69) is 18.6 Å². The van der Waals surface area contributed by atoms with Gasteiger partial charge in [-0.25, -0.2) is 4.79 Å². The number of ketones is 1. The number of esters is 1. The minimum absolute atomic E-state index is 0.0106. The van der Waals surface area contributed by atoms with Crippen molar-refractivity contribution in [2.75, 3.05) is 0 Å². The maximum atomic E-state index is 13.7. The van der Waals surface area contributed by atoms with Crippen molar-refractivity contribution >= 4 is 11.8 Å². The summed E-state index contributed by atoms with van der Waals surface area (Å²) < 4.78 is 95.5. The van der Waals surface area contributed by atoms with Gasteiger partial charge in [0.05, 0.1) is 0 Å². The molecule has 7 atom stereocenters.